The summed E-state index contributed by atoms with van der Waals surface area (Å²) >= 11 is 5.97. The number of anilines is 1. The average molecular weight is 298 g/mol. The largest absolute Gasteiger partial charge is 0.384 e. The molecular weight excluding hydrogens is 278 g/mol. The number of nitrogens with one attached hydrogen (secondary N) is 1. The Bertz CT molecular complexity index is 473. The number of halogens is 1. The maximum absolute atomic E-state index is 12.5. The molecule has 1 fully saturated rings. The standard InChI is InChI=1S/C14H20ClN3O2/c1-20-9-10-4-6-18(7-5-10)14(19)12-8-11(15)2-3-13(12)17-16/h2-3,8,10,17H,4-7,9,16H2,1H3. The molecule has 1 saturated heterocycles. The van der Waals surface area contributed by atoms with Gasteiger partial charge in [-0.05, 0) is 37.0 Å². The van der Waals surface area contributed by atoms with Gasteiger partial charge in [0.1, 0.15) is 0 Å². The summed E-state index contributed by atoms with van der Waals surface area (Å²) in [7, 11) is 1.71. The number of likely N-dealkylation sites (tertiary alicyclic amines) is 1. The number of hydrogen-bond acceptors (Lipinski definition) is 4. The van der Waals surface area contributed by atoms with Crippen LogP contribution >= 0.6 is 11.6 Å². The molecule has 0 aliphatic carbocycles. The SMILES string of the molecule is COCC1CCN(C(=O)c2cc(Cl)ccc2NN)CC1. The lowest BCUT2D eigenvalue weighted by Crippen LogP contribution is -2.39. The molecule has 0 spiro atoms. The Labute approximate surface area is 124 Å². The zero-order valence-corrected chi connectivity index (χ0v) is 12.3. The van der Waals surface area contributed by atoms with Crippen molar-refractivity contribution in [3.05, 3.63) is 28.8 Å². The second-order valence-corrected chi connectivity index (χ2v) is 5.46. The van der Waals surface area contributed by atoms with Crippen molar-refractivity contribution in [3.63, 3.8) is 0 Å². The summed E-state index contributed by atoms with van der Waals surface area (Å²) < 4.78 is 5.17. The van der Waals surface area contributed by atoms with E-state index in [4.69, 9.17) is 22.2 Å². The molecule has 1 aliphatic rings. The van der Waals surface area contributed by atoms with Gasteiger partial charge in [-0.3, -0.25) is 10.6 Å². The minimum Gasteiger partial charge on any atom is -0.384 e. The minimum absolute atomic E-state index is 0.0312. The number of piperidine rings is 1. The molecule has 110 valence electrons. The van der Waals surface area contributed by atoms with Gasteiger partial charge in [0.2, 0.25) is 0 Å². The van der Waals surface area contributed by atoms with Gasteiger partial charge in [-0.25, -0.2) is 0 Å². The number of methoxy groups -OCH3 is 1. The zero-order valence-electron chi connectivity index (χ0n) is 11.6. The molecule has 0 atom stereocenters. The molecular formula is C14H20ClN3O2. The molecule has 0 aromatic heterocycles. The van der Waals surface area contributed by atoms with Gasteiger partial charge in [0.15, 0.2) is 0 Å². The van der Waals surface area contributed by atoms with E-state index in [0.29, 0.717) is 22.2 Å². The van der Waals surface area contributed by atoms with Crippen LogP contribution in [0.5, 0.6) is 0 Å². The van der Waals surface area contributed by atoms with E-state index in [1.54, 1.807) is 25.3 Å². The highest BCUT2D eigenvalue weighted by Crippen LogP contribution is 2.24. The van der Waals surface area contributed by atoms with E-state index < -0.39 is 0 Å². The van der Waals surface area contributed by atoms with Gasteiger partial charge in [-0.2, -0.15) is 0 Å². The summed E-state index contributed by atoms with van der Waals surface area (Å²) in [5.41, 5.74) is 3.66. The molecule has 1 aromatic rings. The van der Waals surface area contributed by atoms with Crippen LogP contribution in [0, 0.1) is 5.92 Å². The number of hydrazine groups is 1. The van der Waals surface area contributed by atoms with Crippen molar-refractivity contribution >= 4 is 23.2 Å². The second-order valence-electron chi connectivity index (χ2n) is 5.03. The van der Waals surface area contributed by atoms with Crippen LogP contribution in [0.4, 0.5) is 5.69 Å². The molecule has 20 heavy (non-hydrogen) atoms. The third-order valence-corrected chi connectivity index (χ3v) is 3.91. The van der Waals surface area contributed by atoms with Crippen LogP contribution in [0.1, 0.15) is 23.2 Å². The third-order valence-electron chi connectivity index (χ3n) is 3.67. The van der Waals surface area contributed by atoms with Crippen LogP contribution in [-0.4, -0.2) is 37.6 Å². The number of carbonyl (C=O) groups excluding carboxylic acids is 1. The van der Waals surface area contributed by atoms with Gasteiger partial charge >= 0.3 is 0 Å². The van der Waals surface area contributed by atoms with Crippen LogP contribution in [0.25, 0.3) is 0 Å². The number of nitrogen functional groups attached to an aromatic ring is 1. The van der Waals surface area contributed by atoms with Crippen molar-refractivity contribution in [2.45, 2.75) is 12.8 Å². The number of nitrogens with two attached hydrogens (primary N) is 1. The first-order valence-electron chi connectivity index (χ1n) is 6.70. The van der Waals surface area contributed by atoms with Gasteiger partial charge in [-0.15, -0.1) is 0 Å². The fraction of sp³-hybridized carbons (Fsp3) is 0.500. The van der Waals surface area contributed by atoms with Crippen LogP contribution < -0.4 is 11.3 Å². The Balaban J connectivity index is 2.07. The van der Waals surface area contributed by atoms with Gasteiger partial charge in [0.25, 0.3) is 5.91 Å². The number of rotatable bonds is 4. The lowest BCUT2D eigenvalue weighted by molar-refractivity contribution is 0.0614. The Morgan fingerprint density at radius 2 is 2.20 bits per heavy atom. The smallest absolute Gasteiger partial charge is 0.256 e. The van der Waals surface area contributed by atoms with Crippen molar-refractivity contribution in [1.29, 1.82) is 0 Å². The second kappa shape index (κ2) is 6.92. The fourth-order valence-corrected chi connectivity index (χ4v) is 2.70. The molecule has 0 unspecified atom stereocenters. The van der Waals surface area contributed by atoms with E-state index in [9.17, 15) is 4.79 Å². The van der Waals surface area contributed by atoms with Gasteiger partial charge in [-0.1, -0.05) is 11.6 Å². The van der Waals surface area contributed by atoms with Gasteiger partial charge in [0, 0.05) is 31.8 Å². The third kappa shape index (κ3) is 3.42. The molecule has 0 bridgehead atoms. The highest BCUT2D eigenvalue weighted by Gasteiger charge is 2.25. The predicted octanol–water partition coefficient (Wildman–Crippen LogP) is 2.12. The molecule has 1 amide bonds. The first kappa shape index (κ1) is 15.1. The number of benzene rings is 1. The summed E-state index contributed by atoms with van der Waals surface area (Å²) in [6, 6.07) is 5.08. The number of carbonyl (C=O) groups is 1. The molecule has 0 saturated carbocycles. The molecule has 1 heterocycles. The molecule has 3 N–H and O–H groups in total. The van der Waals surface area contributed by atoms with Gasteiger partial charge in [0.05, 0.1) is 11.3 Å². The van der Waals surface area contributed by atoms with E-state index in [-0.39, 0.29) is 5.91 Å². The minimum atomic E-state index is -0.0312. The molecule has 6 heteroatoms. The summed E-state index contributed by atoms with van der Waals surface area (Å²) in [5, 5.41) is 0.529. The average Bonchev–Trinajstić information content (AvgIpc) is 2.47. The fourth-order valence-electron chi connectivity index (χ4n) is 2.53. The Morgan fingerprint density at radius 3 is 2.80 bits per heavy atom. The van der Waals surface area contributed by atoms with E-state index in [1.807, 2.05) is 4.90 Å². The number of nitrogens with zero attached hydrogens (tertiary/aromatic N) is 1. The van der Waals surface area contributed by atoms with Gasteiger partial charge < -0.3 is 15.1 Å². The molecule has 5 nitrogen and oxygen atoms in total. The summed E-state index contributed by atoms with van der Waals surface area (Å²) in [4.78, 5) is 14.4. The summed E-state index contributed by atoms with van der Waals surface area (Å²) in [5.74, 6) is 5.96. The summed E-state index contributed by atoms with van der Waals surface area (Å²) in [6.45, 7) is 2.24. The van der Waals surface area contributed by atoms with Crippen molar-refractivity contribution in [2.24, 2.45) is 11.8 Å². The zero-order chi connectivity index (χ0) is 14.5. The van der Waals surface area contributed by atoms with Crippen LogP contribution in [0.15, 0.2) is 18.2 Å². The molecule has 1 aliphatic heterocycles. The molecule has 1 aromatic carbocycles. The van der Waals surface area contributed by atoms with Crippen molar-refractivity contribution < 1.29 is 9.53 Å². The maximum Gasteiger partial charge on any atom is 0.256 e. The lowest BCUT2D eigenvalue weighted by atomic mass is 9.97. The Morgan fingerprint density at radius 1 is 1.50 bits per heavy atom. The van der Waals surface area contributed by atoms with E-state index in [1.165, 1.54) is 0 Å². The highest BCUT2D eigenvalue weighted by molar-refractivity contribution is 6.31. The van der Waals surface area contributed by atoms with Crippen molar-refractivity contribution in [2.75, 3.05) is 32.2 Å². The van der Waals surface area contributed by atoms with Crippen LogP contribution in [-0.2, 0) is 4.74 Å². The van der Waals surface area contributed by atoms with Crippen LogP contribution in [0.2, 0.25) is 5.02 Å². The van der Waals surface area contributed by atoms with Crippen molar-refractivity contribution in [3.8, 4) is 0 Å². The first-order chi connectivity index (χ1) is 9.65. The molecule has 2 rings (SSSR count). The van der Waals surface area contributed by atoms with Crippen LogP contribution in [0.3, 0.4) is 0 Å². The van der Waals surface area contributed by atoms with Crippen molar-refractivity contribution in [1.82, 2.24) is 4.90 Å². The lowest BCUT2D eigenvalue weighted by Gasteiger charge is -2.32. The molecule has 0 radical (unpaired) electrons. The maximum atomic E-state index is 12.5. The number of ether oxygens (including phenoxy) is 1. The number of amides is 1. The normalized spacial score (nSPS) is 16.2. The number of hydrogen-bond donors (Lipinski definition) is 2. The van der Waals surface area contributed by atoms with E-state index in [0.717, 1.165) is 32.5 Å². The first-order valence-corrected chi connectivity index (χ1v) is 7.08. The summed E-state index contributed by atoms with van der Waals surface area (Å²) in [6.07, 6.45) is 1.93. The van der Waals surface area contributed by atoms with E-state index >= 15 is 0 Å². The Kier molecular flexibility index (Phi) is 5.23. The predicted molar refractivity (Wildman–Crippen MR) is 79.8 cm³/mol. The topological polar surface area (TPSA) is 67.6 Å². The Hall–Kier alpha value is -1.30. The highest BCUT2D eigenvalue weighted by atomic mass is 35.5. The quantitative estimate of drug-likeness (QED) is 0.660. The monoisotopic (exact) mass is 297 g/mol. The van der Waals surface area contributed by atoms with E-state index in [2.05, 4.69) is 5.43 Å².